The van der Waals surface area contributed by atoms with Crippen molar-refractivity contribution >= 4 is 11.0 Å². The molecule has 1 fully saturated rings. The monoisotopic (exact) mass is 432 g/mol. The maximum atomic E-state index is 12.5. The van der Waals surface area contributed by atoms with Gasteiger partial charge in [0, 0.05) is 29.3 Å². The van der Waals surface area contributed by atoms with E-state index in [1.165, 1.54) is 24.3 Å². The van der Waals surface area contributed by atoms with Crippen LogP contribution in [0.25, 0.3) is 22.3 Å². The first-order chi connectivity index (χ1) is 14.7. The predicted octanol–water partition coefficient (Wildman–Crippen LogP) is 0.0917. The summed E-state index contributed by atoms with van der Waals surface area (Å²) < 4.78 is 11.1. The zero-order valence-electron chi connectivity index (χ0n) is 15.9. The van der Waals surface area contributed by atoms with Crippen LogP contribution in [-0.2, 0) is 4.74 Å². The van der Waals surface area contributed by atoms with Gasteiger partial charge in [0.15, 0.2) is 5.43 Å². The molecule has 0 radical (unpaired) electrons. The van der Waals surface area contributed by atoms with E-state index >= 15 is 0 Å². The lowest BCUT2D eigenvalue weighted by atomic mass is 9.90. The minimum Gasteiger partial charge on any atom is -0.508 e. The molecule has 10 nitrogen and oxygen atoms in total. The SMILES string of the molecule is O=c1cc(-c2ccc(O)c([C@H]3O[C@H](CO)[C@@H](O)[C@H](O)[C@H]3O)c2)oc2cc(O)cc(O)c12. The Bertz CT molecular complexity index is 1180. The van der Waals surface area contributed by atoms with Crippen molar-refractivity contribution in [2.24, 2.45) is 0 Å². The van der Waals surface area contributed by atoms with Crippen molar-refractivity contribution in [1.82, 2.24) is 0 Å². The highest BCUT2D eigenvalue weighted by Crippen LogP contribution is 2.39. The quantitative estimate of drug-likeness (QED) is 0.300. The van der Waals surface area contributed by atoms with Gasteiger partial charge < -0.3 is 44.9 Å². The Hall–Kier alpha value is -3.15. The zero-order valence-corrected chi connectivity index (χ0v) is 15.9. The largest absolute Gasteiger partial charge is 0.508 e. The van der Waals surface area contributed by atoms with Gasteiger partial charge in [-0.1, -0.05) is 0 Å². The first-order valence-corrected chi connectivity index (χ1v) is 9.35. The van der Waals surface area contributed by atoms with Gasteiger partial charge in [-0.15, -0.1) is 0 Å². The predicted molar refractivity (Wildman–Crippen MR) is 106 cm³/mol. The normalized spacial score (nSPS) is 26.3. The van der Waals surface area contributed by atoms with Crippen LogP contribution in [0, 0.1) is 0 Å². The van der Waals surface area contributed by atoms with Crippen LogP contribution in [0.5, 0.6) is 17.2 Å². The lowest BCUT2D eigenvalue weighted by Gasteiger charge is -2.40. The maximum absolute atomic E-state index is 12.5. The van der Waals surface area contributed by atoms with E-state index in [2.05, 4.69) is 0 Å². The number of hydrogen-bond acceptors (Lipinski definition) is 10. The third-order valence-electron chi connectivity index (χ3n) is 5.31. The van der Waals surface area contributed by atoms with Crippen molar-refractivity contribution in [3.8, 4) is 28.6 Å². The number of aliphatic hydroxyl groups excluding tert-OH is 4. The van der Waals surface area contributed by atoms with Gasteiger partial charge in [0.2, 0.25) is 0 Å². The molecule has 1 aliphatic rings. The highest BCUT2D eigenvalue weighted by Gasteiger charge is 2.44. The molecular weight excluding hydrogens is 412 g/mol. The number of rotatable bonds is 3. The molecule has 31 heavy (non-hydrogen) atoms. The number of aliphatic hydroxyl groups is 4. The Kier molecular flexibility index (Phi) is 5.33. The Morgan fingerprint density at radius 2 is 1.61 bits per heavy atom. The first-order valence-electron chi connectivity index (χ1n) is 9.35. The zero-order chi connectivity index (χ0) is 22.4. The van der Waals surface area contributed by atoms with E-state index in [1.807, 2.05) is 0 Å². The van der Waals surface area contributed by atoms with Gasteiger partial charge in [0.1, 0.15) is 64.5 Å². The molecule has 2 heterocycles. The fourth-order valence-electron chi connectivity index (χ4n) is 3.69. The van der Waals surface area contributed by atoms with E-state index in [1.54, 1.807) is 0 Å². The van der Waals surface area contributed by atoms with Crippen molar-refractivity contribution in [3.63, 3.8) is 0 Å². The molecule has 1 aromatic heterocycles. The van der Waals surface area contributed by atoms with E-state index in [4.69, 9.17) is 9.15 Å². The van der Waals surface area contributed by atoms with Gasteiger partial charge in [-0.2, -0.15) is 0 Å². The van der Waals surface area contributed by atoms with Crippen molar-refractivity contribution in [3.05, 3.63) is 52.2 Å². The summed E-state index contributed by atoms with van der Waals surface area (Å²) in [6.45, 7) is -0.631. The Morgan fingerprint density at radius 3 is 2.32 bits per heavy atom. The average Bonchev–Trinajstić information content (AvgIpc) is 2.72. The lowest BCUT2D eigenvalue weighted by Crippen LogP contribution is -2.55. The molecule has 10 heteroatoms. The molecule has 0 saturated carbocycles. The minimum atomic E-state index is -1.64. The summed E-state index contributed by atoms with van der Waals surface area (Å²) >= 11 is 0. The summed E-state index contributed by atoms with van der Waals surface area (Å²) in [5, 5.41) is 69.5. The van der Waals surface area contributed by atoms with E-state index in [0.29, 0.717) is 0 Å². The molecule has 5 atom stereocenters. The summed E-state index contributed by atoms with van der Waals surface area (Å²) in [6.07, 6.45) is -7.27. The molecule has 0 unspecified atom stereocenters. The van der Waals surface area contributed by atoms with Crippen molar-refractivity contribution in [2.45, 2.75) is 30.5 Å². The number of aromatic hydroxyl groups is 3. The number of fused-ring (bicyclic) bond motifs is 1. The number of phenols is 3. The molecule has 2 aromatic carbocycles. The van der Waals surface area contributed by atoms with Crippen LogP contribution < -0.4 is 5.43 Å². The Morgan fingerprint density at radius 1 is 0.871 bits per heavy atom. The van der Waals surface area contributed by atoms with E-state index < -0.39 is 48.3 Å². The van der Waals surface area contributed by atoms with Gasteiger partial charge in [0.05, 0.1) is 6.61 Å². The van der Waals surface area contributed by atoms with Crippen LogP contribution in [0.2, 0.25) is 0 Å². The van der Waals surface area contributed by atoms with Gasteiger partial charge in [0.25, 0.3) is 0 Å². The molecule has 1 saturated heterocycles. The van der Waals surface area contributed by atoms with Crippen molar-refractivity contribution < 1.29 is 44.9 Å². The molecular formula is C21H20O10. The van der Waals surface area contributed by atoms with Gasteiger partial charge in [-0.05, 0) is 18.2 Å². The second kappa shape index (κ2) is 7.84. The number of phenolic OH excluding ortho intramolecular Hbond substituents is 3. The summed E-state index contributed by atoms with van der Waals surface area (Å²) in [7, 11) is 0. The smallest absolute Gasteiger partial charge is 0.197 e. The number of ether oxygens (including phenoxy) is 1. The molecule has 0 spiro atoms. The molecule has 0 amide bonds. The fraction of sp³-hybridized carbons (Fsp3) is 0.286. The Balaban J connectivity index is 1.81. The summed E-state index contributed by atoms with van der Waals surface area (Å²) in [5.41, 5.74) is -0.332. The van der Waals surface area contributed by atoms with Crippen LogP contribution in [-0.4, -0.2) is 66.8 Å². The summed E-state index contributed by atoms with van der Waals surface area (Å²) in [4.78, 5) is 12.5. The van der Waals surface area contributed by atoms with E-state index in [-0.39, 0.29) is 39.4 Å². The van der Waals surface area contributed by atoms with Crippen LogP contribution in [0.3, 0.4) is 0 Å². The van der Waals surface area contributed by atoms with Crippen molar-refractivity contribution in [1.29, 1.82) is 0 Å². The highest BCUT2D eigenvalue weighted by atomic mass is 16.5. The first kappa shape index (κ1) is 21.1. The third-order valence-corrected chi connectivity index (χ3v) is 5.31. The van der Waals surface area contributed by atoms with E-state index in [0.717, 1.165) is 12.1 Å². The van der Waals surface area contributed by atoms with Crippen LogP contribution >= 0.6 is 0 Å². The molecule has 3 aromatic rings. The second-order valence-electron chi connectivity index (χ2n) is 7.34. The second-order valence-corrected chi connectivity index (χ2v) is 7.34. The molecule has 4 rings (SSSR count). The molecule has 164 valence electrons. The number of benzene rings is 2. The summed E-state index contributed by atoms with van der Waals surface area (Å²) in [5.74, 6) is -1.01. The minimum absolute atomic E-state index is 0.0240. The topological polar surface area (TPSA) is 181 Å². The number of hydrogen-bond donors (Lipinski definition) is 7. The molecule has 7 N–H and O–H groups in total. The van der Waals surface area contributed by atoms with Crippen LogP contribution in [0.1, 0.15) is 11.7 Å². The molecule has 0 bridgehead atoms. The Labute approximate surface area is 174 Å². The average molecular weight is 432 g/mol. The molecule has 1 aliphatic heterocycles. The van der Waals surface area contributed by atoms with Gasteiger partial charge in [-0.3, -0.25) is 4.79 Å². The van der Waals surface area contributed by atoms with Gasteiger partial charge in [-0.25, -0.2) is 0 Å². The third kappa shape index (κ3) is 3.60. The van der Waals surface area contributed by atoms with Gasteiger partial charge >= 0.3 is 0 Å². The lowest BCUT2D eigenvalue weighted by molar-refractivity contribution is -0.232. The summed E-state index contributed by atoms with van der Waals surface area (Å²) in [6, 6.07) is 7.33. The molecule has 0 aliphatic carbocycles. The van der Waals surface area contributed by atoms with Crippen LogP contribution in [0.15, 0.2) is 45.6 Å². The standard InChI is InChI=1S/C21H20O10/c22-7-16-18(27)19(28)20(29)21(31-16)10-3-8(1-2-11(10)24)14-6-13(26)17-12(25)4-9(23)5-15(17)30-14/h1-6,16,18-25,27-29H,7H2/t16-,18-,19+,20-,21-/m1/s1. The van der Waals surface area contributed by atoms with Crippen molar-refractivity contribution in [2.75, 3.05) is 6.61 Å². The maximum Gasteiger partial charge on any atom is 0.197 e. The fourth-order valence-corrected chi connectivity index (χ4v) is 3.69. The van der Waals surface area contributed by atoms with Crippen LogP contribution in [0.4, 0.5) is 0 Å². The van der Waals surface area contributed by atoms with E-state index in [9.17, 15) is 40.5 Å². The highest BCUT2D eigenvalue weighted by molar-refractivity contribution is 5.86.